The number of hydrogen-bond acceptors (Lipinski definition) is 12. The number of rotatable bonds is 12. The van der Waals surface area contributed by atoms with E-state index in [1.165, 1.54) is 6.92 Å². The lowest BCUT2D eigenvalue weighted by atomic mass is 9.88. The summed E-state index contributed by atoms with van der Waals surface area (Å²) in [4.78, 5) is 39.8. The van der Waals surface area contributed by atoms with Crippen LogP contribution in [0.1, 0.15) is 36.7 Å². The number of esters is 3. The predicted octanol–water partition coefficient (Wildman–Crippen LogP) is 4.09. The molecule has 10 atom stereocenters. The number of azide groups is 1. The first-order chi connectivity index (χ1) is 22.5. The van der Waals surface area contributed by atoms with Gasteiger partial charge in [-0.2, -0.15) is 0 Å². The highest BCUT2D eigenvalue weighted by Crippen LogP contribution is 2.37. The molecule has 14 nitrogen and oxygen atoms in total. The molecule has 2 aliphatic heterocycles. The number of aryl methyl sites for hydroxylation is 1. The van der Waals surface area contributed by atoms with E-state index in [-0.39, 0.29) is 13.2 Å². The van der Waals surface area contributed by atoms with Gasteiger partial charge in [-0.15, -0.1) is 11.6 Å². The summed E-state index contributed by atoms with van der Waals surface area (Å²) in [5, 5.41) is 14.7. The second-order valence-electron chi connectivity index (χ2n) is 11.4. The second-order valence-corrected chi connectivity index (χ2v) is 11.6. The van der Waals surface area contributed by atoms with Gasteiger partial charge in [-0.1, -0.05) is 54.9 Å². The molecule has 15 heteroatoms. The molecule has 0 radical (unpaired) electrons. The van der Waals surface area contributed by atoms with Gasteiger partial charge in [0, 0.05) is 17.8 Å². The Labute approximate surface area is 276 Å². The third-order valence-electron chi connectivity index (χ3n) is 8.00. The summed E-state index contributed by atoms with van der Waals surface area (Å²) in [6.07, 6.45) is -7.79. The van der Waals surface area contributed by atoms with Crippen LogP contribution in [0.2, 0.25) is 0 Å². The van der Waals surface area contributed by atoms with Crippen molar-refractivity contribution in [2.24, 2.45) is 17.0 Å². The SMILES string of the molecule is CC(=O)OCC1O[C@@H](O[C@@H]2C(COC(=O)CCl)O[C@@H](Oc3ccc(C)cc3)C(OC(=O)c3ccccc3)[C@H]2C)C(N=[N+]=[N-])[C@@H](C)[C@@H]1O. The van der Waals surface area contributed by atoms with Crippen molar-refractivity contribution < 1.29 is 52.6 Å². The minimum absolute atomic E-state index is 0.291. The summed E-state index contributed by atoms with van der Waals surface area (Å²) >= 11 is 5.67. The van der Waals surface area contributed by atoms with Gasteiger partial charge < -0.3 is 38.3 Å². The molecule has 2 aliphatic rings. The molecule has 1 N–H and O–H groups in total. The molecule has 4 rings (SSSR count). The number of aliphatic hydroxyl groups excluding tert-OH is 1. The molecule has 2 saturated heterocycles. The van der Waals surface area contributed by atoms with Crippen molar-refractivity contribution in [2.75, 3.05) is 19.1 Å². The Balaban J connectivity index is 1.69. The molecule has 0 saturated carbocycles. The average Bonchev–Trinajstić information content (AvgIpc) is 3.06. The van der Waals surface area contributed by atoms with E-state index in [9.17, 15) is 25.0 Å². The normalized spacial score (nSPS) is 30.3. The Kier molecular flexibility index (Phi) is 12.8. The highest BCUT2D eigenvalue weighted by atomic mass is 35.5. The van der Waals surface area contributed by atoms with Crippen LogP contribution in [0.5, 0.6) is 5.75 Å². The van der Waals surface area contributed by atoms with Gasteiger partial charge in [0.2, 0.25) is 6.29 Å². The zero-order chi connectivity index (χ0) is 34.1. The van der Waals surface area contributed by atoms with Gasteiger partial charge in [-0.05, 0) is 42.6 Å². The summed E-state index contributed by atoms with van der Waals surface area (Å²) in [5.41, 5.74) is 10.6. The Morgan fingerprint density at radius 2 is 1.60 bits per heavy atom. The summed E-state index contributed by atoms with van der Waals surface area (Å²) < 4.78 is 41.4. The highest BCUT2D eigenvalue weighted by Gasteiger charge is 2.52. The number of alkyl halides is 1. The Morgan fingerprint density at radius 1 is 0.936 bits per heavy atom. The van der Waals surface area contributed by atoms with E-state index >= 15 is 0 Å². The molecular weight excluding hydrogens is 638 g/mol. The van der Waals surface area contributed by atoms with E-state index in [1.54, 1.807) is 56.3 Å². The van der Waals surface area contributed by atoms with Crippen molar-refractivity contribution in [2.45, 2.75) is 76.8 Å². The van der Waals surface area contributed by atoms with Crippen LogP contribution in [-0.2, 0) is 38.0 Å². The van der Waals surface area contributed by atoms with E-state index in [0.29, 0.717) is 11.3 Å². The van der Waals surface area contributed by atoms with Gasteiger partial charge in [0.15, 0.2) is 12.4 Å². The van der Waals surface area contributed by atoms with E-state index in [1.807, 2.05) is 19.1 Å². The van der Waals surface area contributed by atoms with Gasteiger partial charge in [0.05, 0.1) is 23.8 Å². The molecule has 47 heavy (non-hydrogen) atoms. The lowest BCUT2D eigenvalue weighted by molar-refractivity contribution is -0.322. The molecule has 0 aromatic heterocycles. The van der Waals surface area contributed by atoms with Crippen LogP contribution in [0.3, 0.4) is 0 Å². The molecular formula is C32H38ClN3O11. The van der Waals surface area contributed by atoms with Crippen molar-refractivity contribution in [3.63, 3.8) is 0 Å². The van der Waals surface area contributed by atoms with Gasteiger partial charge in [0.1, 0.15) is 37.1 Å². The third kappa shape index (κ3) is 9.34. The number of ether oxygens (including phenoxy) is 7. The molecule has 4 unspecified atom stereocenters. The van der Waals surface area contributed by atoms with Gasteiger partial charge >= 0.3 is 17.9 Å². The molecule has 2 aromatic rings. The summed E-state index contributed by atoms with van der Waals surface area (Å²) in [7, 11) is 0. The first-order valence-corrected chi connectivity index (χ1v) is 15.6. The van der Waals surface area contributed by atoms with Crippen molar-refractivity contribution in [1.29, 1.82) is 0 Å². The molecule has 0 aliphatic carbocycles. The number of carbonyl (C=O) groups is 3. The topological polar surface area (TPSA) is 185 Å². The van der Waals surface area contributed by atoms with Crippen molar-refractivity contribution in [3.8, 4) is 5.75 Å². The second kappa shape index (κ2) is 16.8. The third-order valence-corrected chi connectivity index (χ3v) is 8.21. The maximum atomic E-state index is 13.3. The minimum atomic E-state index is -1.29. The zero-order valence-electron chi connectivity index (χ0n) is 26.3. The van der Waals surface area contributed by atoms with E-state index < -0.39 is 84.8 Å². The molecule has 2 heterocycles. The fourth-order valence-corrected chi connectivity index (χ4v) is 5.46. The summed E-state index contributed by atoms with van der Waals surface area (Å²) in [6, 6.07) is 14.5. The Morgan fingerprint density at radius 3 is 2.23 bits per heavy atom. The Hall–Kier alpha value is -3.91. The number of benzene rings is 2. The van der Waals surface area contributed by atoms with Crippen LogP contribution in [0.25, 0.3) is 10.4 Å². The molecule has 2 aromatic carbocycles. The fourth-order valence-electron chi connectivity index (χ4n) is 5.38. The predicted molar refractivity (Wildman–Crippen MR) is 165 cm³/mol. The zero-order valence-corrected chi connectivity index (χ0v) is 27.1. The largest absolute Gasteiger partial charge is 0.463 e. The van der Waals surface area contributed by atoms with E-state index in [4.69, 9.17) is 44.8 Å². The molecule has 0 amide bonds. The van der Waals surface area contributed by atoms with Crippen LogP contribution < -0.4 is 4.74 Å². The van der Waals surface area contributed by atoms with E-state index in [0.717, 1.165) is 5.56 Å². The monoisotopic (exact) mass is 675 g/mol. The van der Waals surface area contributed by atoms with Crippen LogP contribution in [0.15, 0.2) is 59.7 Å². The van der Waals surface area contributed by atoms with Crippen LogP contribution >= 0.6 is 11.6 Å². The molecule has 2 fully saturated rings. The average molecular weight is 676 g/mol. The van der Waals surface area contributed by atoms with Gasteiger partial charge in [-0.25, -0.2) is 4.79 Å². The van der Waals surface area contributed by atoms with Gasteiger partial charge in [0.25, 0.3) is 0 Å². The smallest absolute Gasteiger partial charge is 0.338 e. The molecule has 0 spiro atoms. The number of aliphatic hydroxyl groups is 1. The first-order valence-electron chi connectivity index (χ1n) is 15.0. The van der Waals surface area contributed by atoms with E-state index in [2.05, 4.69) is 10.0 Å². The fraction of sp³-hybridized carbons (Fsp3) is 0.531. The number of halogens is 1. The van der Waals surface area contributed by atoms with Crippen molar-refractivity contribution >= 4 is 29.5 Å². The van der Waals surface area contributed by atoms with Crippen LogP contribution in [-0.4, -0.2) is 91.2 Å². The van der Waals surface area contributed by atoms with Crippen LogP contribution in [0, 0.1) is 18.8 Å². The van der Waals surface area contributed by atoms with Crippen molar-refractivity contribution in [3.05, 3.63) is 76.2 Å². The summed E-state index contributed by atoms with van der Waals surface area (Å²) in [5.74, 6) is -3.33. The number of nitrogens with zero attached hydrogens (tertiary/aromatic N) is 3. The van der Waals surface area contributed by atoms with Crippen LogP contribution in [0.4, 0.5) is 0 Å². The standard InChI is InChI=1S/C32H38ClN3O11/c1-17-10-12-22(13-11-17)43-32-29(46-30(40)21-8-6-5-7-9-21)19(3)28(24(45-32)16-42-25(38)14-33)47-31-26(35-36-34)18(2)27(39)23(44-31)15-41-20(4)37/h5-13,18-19,23-24,26-29,31-32,39H,14-16H2,1-4H3/t18-,19+,23?,24?,26?,27+,28+,29?,31+,32-/m1/s1. The highest BCUT2D eigenvalue weighted by molar-refractivity contribution is 6.26. The molecule has 0 bridgehead atoms. The number of hydrogen-bond donors (Lipinski definition) is 1. The Bertz CT molecular complexity index is 1410. The lowest BCUT2D eigenvalue weighted by Gasteiger charge is -2.48. The first kappa shape index (κ1) is 35.9. The number of carbonyl (C=O) groups excluding carboxylic acids is 3. The molecule has 254 valence electrons. The lowest BCUT2D eigenvalue weighted by Crippen LogP contribution is -2.62. The minimum Gasteiger partial charge on any atom is -0.463 e. The van der Waals surface area contributed by atoms with Crippen molar-refractivity contribution in [1.82, 2.24) is 0 Å². The summed E-state index contributed by atoms with van der Waals surface area (Å²) in [6.45, 7) is 5.89. The maximum absolute atomic E-state index is 13.3. The quantitative estimate of drug-likeness (QED) is 0.0853. The van der Waals surface area contributed by atoms with Gasteiger partial charge in [-0.3, -0.25) is 9.59 Å². The maximum Gasteiger partial charge on any atom is 0.338 e.